The first-order valence-electron chi connectivity index (χ1n) is 20.1. The maximum atomic E-state index is 14.5. The van der Waals surface area contributed by atoms with E-state index < -0.39 is 11.4 Å². The summed E-state index contributed by atoms with van der Waals surface area (Å²) in [7, 11) is 0. The van der Waals surface area contributed by atoms with Crippen molar-refractivity contribution in [3.8, 4) is 0 Å². The van der Waals surface area contributed by atoms with E-state index in [4.69, 9.17) is 9.84 Å². The highest BCUT2D eigenvalue weighted by atomic mass is 16.5. The number of aliphatic carboxylic acids is 1. The van der Waals surface area contributed by atoms with Gasteiger partial charge in [0.25, 0.3) is 0 Å². The van der Waals surface area contributed by atoms with Crippen LogP contribution in [0.2, 0.25) is 0 Å². The van der Waals surface area contributed by atoms with E-state index in [1.54, 1.807) is 31.2 Å². The molecule has 0 aliphatic heterocycles. The van der Waals surface area contributed by atoms with Gasteiger partial charge in [0, 0.05) is 31.0 Å². The Morgan fingerprint density at radius 3 is 2.21 bits per heavy atom. The lowest BCUT2D eigenvalue weighted by Gasteiger charge is -2.72. The molecule has 52 heavy (non-hydrogen) atoms. The molecule has 0 heterocycles. The van der Waals surface area contributed by atoms with Crippen molar-refractivity contribution in [3.63, 3.8) is 0 Å². The number of anilines is 1. The summed E-state index contributed by atoms with van der Waals surface area (Å²) in [6.45, 7) is 21.1. The van der Waals surface area contributed by atoms with Crippen LogP contribution in [-0.4, -0.2) is 41.5 Å². The van der Waals surface area contributed by atoms with Gasteiger partial charge in [-0.1, -0.05) is 58.9 Å². The number of carboxylic acids is 1. The Hall–Kier alpha value is -3.16. The number of carboxylic acid groups (broad SMARTS) is 1. The van der Waals surface area contributed by atoms with Gasteiger partial charge in [0.2, 0.25) is 11.8 Å². The summed E-state index contributed by atoms with van der Waals surface area (Å²) in [6, 6.07) is 6.88. The predicted molar refractivity (Wildman–Crippen MR) is 203 cm³/mol. The van der Waals surface area contributed by atoms with Gasteiger partial charge in [0.05, 0.1) is 11.8 Å². The van der Waals surface area contributed by atoms with Crippen LogP contribution >= 0.6 is 0 Å². The van der Waals surface area contributed by atoms with Gasteiger partial charge in [-0.25, -0.2) is 0 Å². The smallest absolute Gasteiger partial charge is 0.307 e. The fourth-order valence-corrected chi connectivity index (χ4v) is 13.7. The highest BCUT2D eigenvalue weighted by Gasteiger charge is 2.72. The van der Waals surface area contributed by atoms with E-state index >= 15 is 0 Å². The normalized spacial score (nSPS) is 38.8. The van der Waals surface area contributed by atoms with E-state index in [1.807, 2.05) is 0 Å². The molecule has 0 aromatic heterocycles. The molecule has 0 saturated heterocycles. The molecular weight excluding hydrogens is 652 g/mol. The predicted octanol–water partition coefficient (Wildman–Crippen LogP) is 8.74. The molecule has 1 aromatic carbocycles. The average Bonchev–Trinajstić information content (AvgIpc) is 3.47. The molecule has 6 rings (SSSR count). The lowest BCUT2D eigenvalue weighted by Crippen LogP contribution is -2.67. The van der Waals surface area contributed by atoms with Crippen molar-refractivity contribution in [2.45, 2.75) is 138 Å². The number of rotatable bonds is 10. The summed E-state index contributed by atoms with van der Waals surface area (Å²) < 4.78 is 5.95. The highest BCUT2D eigenvalue weighted by Crippen LogP contribution is 2.77. The summed E-state index contributed by atoms with van der Waals surface area (Å²) in [5, 5.41) is 15.2. The Labute approximate surface area is 311 Å². The van der Waals surface area contributed by atoms with Gasteiger partial charge in [-0.3, -0.25) is 19.2 Å². The Bertz CT molecular complexity index is 1580. The minimum absolute atomic E-state index is 0.0263. The van der Waals surface area contributed by atoms with Gasteiger partial charge in [-0.2, -0.15) is 0 Å². The molecule has 10 atom stereocenters. The number of carbonyl (C=O) groups is 4. The topological polar surface area (TPSA) is 122 Å². The minimum Gasteiger partial charge on any atom is -0.481 e. The summed E-state index contributed by atoms with van der Waals surface area (Å²) in [5.41, 5.74) is 2.54. The van der Waals surface area contributed by atoms with Crippen LogP contribution in [0.5, 0.6) is 0 Å². The van der Waals surface area contributed by atoms with Crippen LogP contribution < -0.4 is 10.6 Å². The molecule has 5 aliphatic rings. The standard InChI is InChI=1S/C44H64N2O6/c1-27(2)31-17-22-44(39(51)45-25-9-10-36(48)46-30-13-11-29(12-14-30)26-37(49)50)24-23-42(7)32(38(31)44)15-16-34-41(6)20-19-35(52-28(3)47)40(4,5)33(41)18-21-43(34,42)8/h11-14,31-35,38H,1,9-10,15-26H2,2-8H3,(H,45,51)(H,46,48)(H,49,50)/t31-,32+,33-,34?,35-,38+,41-,42+,43+,44-/m0/s1. The monoisotopic (exact) mass is 716 g/mol. The van der Waals surface area contributed by atoms with E-state index in [0.717, 1.165) is 51.4 Å². The third-order valence-corrected chi connectivity index (χ3v) is 16.2. The largest absolute Gasteiger partial charge is 0.481 e. The summed E-state index contributed by atoms with van der Waals surface area (Å²) in [6.07, 6.45) is 11.3. The number of hydrogen-bond acceptors (Lipinski definition) is 5. The number of hydrogen-bond donors (Lipinski definition) is 3. The van der Waals surface area contributed by atoms with Crippen molar-refractivity contribution in [1.82, 2.24) is 5.32 Å². The Morgan fingerprint density at radius 1 is 0.846 bits per heavy atom. The number of ether oxygens (including phenoxy) is 1. The Kier molecular flexibility index (Phi) is 10.3. The van der Waals surface area contributed by atoms with Crippen molar-refractivity contribution in [1.29, 1.82) is 0 Å². The number of benzene rings is 1. The number of esters is 1. The summed E-state index contributed by atoms with van der Waals surface area (Å²) in [5.74, 6) is 1.16. The Morgan fingerprint density at radius 2 is 1.56 bits per heavy atom. The highest BCUT2D eigenvalue weighted by molar-refractivity contribution is 5.90. The SMILES string of the molecule is C=C(C)[C@@H]1CC[C@]2(C(=O)NCCCC(=O)Nc3ccc(CC(=O)O)cc3)CC[C@]3(C)[C@H](CCC4[C@@]5(C)CC[C@H](OC(C)=O)C(C)(C)[C@@H]5CC[C@]43C)[C@@H]12. The fourth-order valence-electron chi connectivity index (χ4n) is 13.7. The van der Waals surface area contributed by atoms with Crippen molar-refractivity contribution >= 4 is 29.4 Å². The van der Waals surface area contributed by atoms with Crippen molar-refractivity contribution in [2.24, 2.45) is 56.7 Å². The van der Waals surface area contributed by atoms with Crippen molar-refractivity contribution in [3.05, 3.63) is 42.0 Å². The third kappa shape index (κ3) is 6.32. The second-order valence-corrected chi connectivity index (χ2v) is 19.0. The number of fused-ring (bicyclic) bond motifs is 7. The maximum absolute atomic E-state index is 14.5. The van der Waals surface area contributed by atoms with Gasteiger partial charge >= 0.3 is 11.9 Å². The molecule has 0 radical (unpaired) electrons. The molecule has 5 fully saturated rings. The molecule has 1 unspecified atom stereocenters. The molecule has 8 nitrogen and oxygen atoms in total. The molecule has 8 heteroatoms. The van der Waals surface area contributed by atoms with E-state index in [1.165, 1.54) is 18.4 Å². The molecule has 0 spiro atoms. The van der Waals surface area contributed by atoms with E-state index in [2.05, 4.69) is 58.8 Å². The molecular formula is C44H64N2O6. The van der Waals surface area contributed by atoms with Gasteiger partial charge in [0.15, 0.2) is 0 Å². The van der Waals surface area contributed by atoms with Crippen LogP contribution in [0.25, 0.3) is 0 Å². The van der Waals surface area contributed by atoms with Gasteiger partial charge < -0.3 is 20.5 Å². The number of allylic oxidation sites excluding steroid dienone is 1. The molecule has 1 aromatic rings. The zero-order chi connectivity index (χ0) is 37.9. The van der Waals surface area contributed by atoms with Gasteiger partial charge in [0.1, 0.15) is 6.10 Å². The number of amides is 2. The van der Waals surface area contributed by atoms with E-state index in [0.29, 0.717) is 54.3 Å². The third-order valence-electron chi connectivity index (χ3n) is 16.2. The van der Waals surface area contributed by atoms with E-state index in [9.17, 15) is 19.2 Å². The van der Waals surface area contributed by atoms with Gasteiger partial charge in [-0.05, 0) is 141 Å². The van der Waals surface area contributed by atoms with Crippen molar-refractivity contribution in [2.75, 3.05) is 11.9 Å². The maximum Gasteiger partial charge on any atom is 0.307 e. The molecule has 0 bridgehead atoms. The first-order valence-corrected chi connectivity index (χ1v) is 20.1. The minimum atomic E-state index is -0.889. The molecule has 3 N–H and O–H groups in total. The lowest BCUT2D eigenvalue weighted by atomic mass is 9.32. The number of nitrogens with one attached hydrogen (secondary N) is 2. The molecule has 5 saturated carbocycles. The fraction of sp³-hybridized carbons (Fsp3) is 0.727. The molecule has 2 amide bonds. The number of carbonyl (C=O) groups excluding carboxylic acids is 3. The Balaban J connectivity index is 1.14. The zero-order valence-corrected chi connectivity index (χ0v) is 32.9. The van der Waals surface area contributed by atoms with Gasteiger partial charge in [-0.15, -0.1) is 0 Å². The molecule has 5 aliphatic carbocycles. The van der Waals surface area contributed by atoms with E-state index in [-0.39, 0.29) is 57.9 Å². The van der Waals surface area contributed by atoms with Crippen molar-refractivity contribution < 1.29 is 29.0 Å². The van der Waals surface area contributed by atoms with Crippen LogP contribution in [0.4, 0.5) is 5.69 Å². The zero-order valence-electron chi connectivity index (χ0n) is 32.9. The first-order chi connectivity index (χ1) is 24.4. The summed E-state index contributed by atoms with van der Waals surface area (Å²) >= 11 is 0. The van der Waals surface area contributed by atoms with Crippen LogP contribution in [0, 0.1) is 56.7 Å². The van der Waals surface area contributed by atoms with Crippen LogP contribution in [0.1, 0.15) is 131 Å². The van der Waals surface area contributed by atoms with Crippen LogP contribution in [0.15, 0.2) is 36.4 Å². The van der Waals surface area contributed by atoms with Crippen LogP contribution in [-0.2, 0) is 30.3 Å². The quantitative estimate of drug-likeness (QED) is 0.127. The van der Waals surface area contributed by atoms with Crippen LogP contribution in [0.3, 0.4) is 0 Å². The average molecular weight is 717 g/mol. The molecule has 286 valence electrons. The second-order valence-electron chi connectivity index (χ2n) is 19.0. The lowest BCUT2D eigenvalue weighted by molar-refractivity contribution is -0.248. The summed E-state index contributed by atoms with van der Waals surface area (Å²) in [4.78, 5) is 50.2. The second kappa shape index (κ2) is 13.9. The first kappa shape index (κ1) is 38.6.